The van der Waals surface area contributed by atoms with Gasteiger partial charge in [-0.15, -0.1) is 0 Å². The Morgan fingerprint density at radius 3 is 2.61 bits per heavy atom. The monoisotopic (exact) mass is 243 g/mol. The van der Waals surface area contributed by atoms with Gasteiger partial charge in [-0.25, -0.2) is 4.98 Å². The summed E-state index contributed by atoms with van der Waals surface area (Å²) in [6.45, 7) is 7.16. The number of nitrogens with two attached hydrogens (primary N) is 1. The van der Waals surface area contributed by atoms with Gasteiger partial charge < -0.3 is 10.3 Å². The maximum absolute atomic E-state index is 5.86. The second kappa shape index (κ2) is 4.09. The molecular formula is C15H21N3. The van der Waals surface area contributed by atoms with E-state index < -0.39 is 0 Å². The van der Waals surface area contributed by atoms with Crippen molar-refractivity contribution in [2.75, 3.05) is 6.54 Å². The molecule has 18 heavy (non-hydrogen) atoms. The van der Waals surface area contributed by atoms with Crippen molar-refractivity contribution in [2.45, 2.75) is 45.6 Å². The van der Waals surface area contributed by atoms with Crippen LogP contribution in [0.1, 0.15) is 48.7 Å². The van der Waals surface area contributed by atoms with Gasteiger partial charge in [0.15, 0.2) is 0 Å². The summed E-state index contributed by atoms with van der Waals surface area (Å²) < 4.78 is 2.36. The summed E-state index contributed by atoms with van der Waals surface area (Å²) in [5.74, 6) is 1.90. The van der Waals surface area contributed by atoms with Crippen molar-refractivity contribution in [2.24, 2.45) is 5.73 Å². The van der Waals surface area contributed by atoms with Crippen molar-refractivity contribution < 1.29 is 0 Å². The normalized spacial score (nSPS) is 17.3. The molecule has 3 heteroatoms. The maximum Gasteiger partial charge on any atom is 0.113 e. The SMILES string of the molecule is Cc1cc2nc(C3CC3)n(C(C)CN)c2cc1C. The molecule has 2 N–H and O–H groups in total. The molecule has 2 aromatic rings. The van der Waals surface area contributed by atoms with Gasteiger partial charge >= 0.3 is 0 Å². The van der Waals surface area contributed by atoms with E-state index in [-0.39, 0.29) is 0 Å². The number of fused-ring (bicyclic) bond motifs is 1. The van der Waals surface area contributed by atoms with Crippen molar-refractivity contribution in [3.63, 3.8) is 0 Å². The highest BCUT2D eigenvalue weighted by Gasteiger charge is 2.30. The highest BCUT2D eigenvalue weighted by molar-refractivity contribution is 5.78. The fraction of sp³-hybridized carbons (Fsp3) is 0.533. The van der Waals surface area contributed by atoms with E-state index in [1.54, 1.807) is 0 Å². The Labute approximate surface area is 108 Å². The second-order valence-electron chi connectivity index (χ2n) is 5.62. The van der Waals surface area contributed by atoms with Gasteiger partial charge in [0, 0.05) is 18.5 Å². The fourth-order valence-corrected chi connectivity index (χ4v) is 2.57. The number of aromatic nitrogens is 2. The summed E-state index contributed by atoms with van der Waals surface area (Å²) in [6, 6.07) is 4.79. The van der Waals surface area contributed by atoms with Crippen LogP contribution in [0.2, 0.25) is 0 Å². The first-order valence-corrected chi connectivity index (χ1v) is 6.81. The van der Waals surface area contributed by atoms with Gasteiger partial charge in [0.25, 0.3) is 0 Å². The highest BCUT2D eigenvalue weighted by Crippen LogP contribution is 2.41. The Kier molecular flexibility index (Phi) is 2.67. The van der Waals surface area contributed by atoms with Gasteiger partial charge in [-0.1, -0.05) is 0 Å². The number of hydrogen-bond acceptors (Lipinski definition) is 2. The molecule has 1 unspecified atom stereocenters. The van der Waals surface area contributed by atoms with Crippen LogP contribution in [0.5, 0.6) is 0 Å². The molecule has 0 aliphatic heterocycles. The first kappa shape index (κ1) is 11.7. The van der Waals surface area contributed by atoms with E-state index in [4.69, 9.17) is 10.7 Å². The third-order valence-corrected chi connectivity index (χ3v) is 4.06. The summed E-state index contributed by atoms with van der Waals surface area (Å²) >= 11 is 0. The van der Waals surface area contributed by atoms with Gasteiger partial charge in [-0.3, -0.25) is 0 Å². The molecule has 1 fully saturated rings. The molecule has 0 bridgehead atoms. The predicted octanol–water partition coefficient (Wildman–Crippen LogP) is 3.05. The minimum atomic E-state index is 0.327. The molecule has 1 aliphatic carbocycles. The smallest absolute Gasteiger partial charge is 0.113 e. The van der Waals surface area contributed by atoms with Crippen LogP contribution in [0.15, 0.2) is 12.1 Å². The average molecular weight is 243 g/mol. The van der Waals surface area contributed by atoms with Crippen LogP contribution in [0.4, 0.5) is 0 Å². The van der Waals surface area contributed by atoms with Crippen molar-refractivity contribution in [1.29, 1.82) is 0 Å². The lowest BCUT2D eigenvalue weighted by Crippen LogP contribution is -2.18. The van der Waals surface area contributed by atoms with E-state index in [0.29, 0.717) is 18.5 Å². The Hall–Kier alpha value is -1.35. The highest BCUT2D eigenvalue weighted by atomic mass is 15.1. The first-order valence-electron chi connectivity index (χ1n) is 6.81. The Morgan fingerprint density at radius 2 is 2.00 bits per heavy atom. The molecule has 3 rings (SSSR count). The molecule has 96 valence electrons. The zero-order valence-electron chi connectivity index (χ0n) is 11.4. The third-order valence-electron chi connectivity index (χ3n) is 4.06. The molecule has 0 radical (unpaired) electrons. The van der Waals surface area contributed by atoms with E-state index in [2.05, 4.69) is 37.5 Å². The lowest BCUT2D eigenvalue weighted by molar-refractivity contribution is 0.548. The van der Waals surface area contributed by atoms with Crippen LogP contribution >= 0.6 is 0 Å². The average Bonchev–Trinajstić information content (AvgIpc) is 3.13. The molecule has 1 atom stereocenters. The molecule has 1 saturated carbocycles. The van der Waals surface area contributed by atoms with Gasteiger partial charge in [0.2, 0.25) is 0 Å². The zero-order valence-corrected chi connectivity index (χ0v) is 11.4. The van der Waals surface area contributed by atoms with Crippen molar-refractivity contribution >= 4 is 11.0 Å². The summed E-state index contributed by atoms with van der Waals surface area (Å²) in [6.07, 6.45) is 2.55. The number of benzene rings is 1. The van der Waals surface area contributed by atoms with Crippen LogP contribution in [0.25, 0.3) is 11.0 Å². The number of nitrogens with zero attached hydrogens (tertiary/aromatic N) is 2. The quantitative estimate of drug-likeness (QED) is 0.900. The van der Waals surface area contributed by atoms with Gasteiger partial charge in [-0.2, -0.15) is 0 Å². The minimum Gasteiger partial charge on any atom is -0.328 e. The molecule has 1 aliphatic rings. The van der Waals surface area contributed by atoms with Crippen molar-refractivity contribution in [3.05, 3.63) is 29.1 Å². The zero-order chi connectivity index (χ0) is 12.9. The van der Waals surface area contributed by atoms with E-state index >= 15 is 0 Å². The molecule has 3 nitrogen and oxygen atoms in total. The van der Waals surface area contributed by atoms with Gasteiger partial charge in [0.1, 0.15) is 5.82 Å². The molecule has 1 aromatic heterocycles. The summed E-state index contributed by atoms with van der Waals surface area (Å²) in [7, 11) is 0. The first-order chi connectivity index (χ1) is 8.61. The molecule has 0 spiro atoms. The van der Waals surface area contributed by atoms with Crippen LogP contribution < -0.4 is 5.73 Å². The summed E-state index contributed by atoms with van der Waals surface area (Å²) in [5.41, 5.74) is 10.9. The molecule has 0 saturated heterocycles. The number of aryl methyl sites for hydroxylation is 2. The maximum atomic E-state index is 5.86. The van der Waals surface area contributed by atoms with E-state index in [1.165, 1.54) is 35.3 Å². The minimum absolute atomic E-state index is 0.327. The molecule has 0 amide bonds. The van der Waals surface area contributed by atoms with Gasteiger partial charge in [-0.05, 0) is 56.9 Å². The van der Waals surface area contributed by atoms with Gasteiger partial charge in [0.05, 0.1) is 11.0 Å². The fourth-order valence-electron chi connectivity index (χ4n) is 2.57. The van der Waals surface area contributed by atoms with E-state index in [1.807, 2.05) is 0 Å². The van der Waals surface area contributed by atoms with E-state index in [9.17, 15) is 0 Å². The summed E-state index contributed by atoms with van der Waals surface area (Å²) in [5, 5.41) is 0. The van der Waals surface area contributed by atoms with Crippen LogP contribution in [-0.2, 0) is 0 Å². The molecule has 1 heterocycles. The Bertz CT molecular complexity index is 593. The van der Waals surface area contributed by atoms with Crippen molar-refractivity contribution in [3.8, 4) is 0 Å². The Morgan fingerprint density at radius 1 is 1.33 bits per heavy atom. The van der Waals surface area contributed by atoms with Crippen LogP contribution in [0, 0.1) is 13.8 Å². The number of hydrogen-bond donors (Lipinski definition) is 1. The summed E-state index contributed by atoms with van der Waals surface area (Å²) in [4.78, 5) is 4.85. The Balaban J connectivity index is 2.26. The lowest BCUT2D eigenvalue weighted by atomic mass is 10.1. The second-order valence-corrected chi connectivity index (χ2v) is 5.62. The molecule has 1 aromatic carbocycles. The predicted molar refractivity (Wildman–Crippen MR) is 74.9 cm³/mol. The lowest BCUT2D eigenvalue weighted by Gasteiger charge is -2.16. The van der Waals surface area contributed by atoms with E-state index in [0.717, 1.165) is 5.52 Å². The van der Waals surface area contributed by atoms with Crippen LogP contribution in [-0.4, -0.2) is 16.1 Å². The van der Waals surface area contributed by atoms with Crippen LogP contribution in [0.3, 0.4) is 0 Å². The molecular weight excluding hydrogens is 222 g/mol. The topological polar surface area (TPSA) is 43.8 Å². The number of imidazole rings is 1. The third kappa shape index (κ3) is 1.74. The largest absolute Gasteiger partial charge is 0.328 e. The number of rotatable bonds is 3. The standard InChI is InChI=1S/C15H21N3/c1-9-6-13-14(7-10(9)2)18(11(3)8-16)15(17-13)12-4-5-12/h6-7,11-12H,4-5,8,16H2,1-3H3. The van der Waals surface area contributed by atoms with Crippen molar-refractivity contribution in [1.82, 2.24) is 9.55 Å².